The quantitative estimate of drug-likeness (QED) is 0.719. The fraction of sp³-hybridized carbons (Fsp3) is 0.700. The highest BCUT2D eigenvalue weighted by Gasteiger charge is 2.28. The van der Waals surface area contributed by atoms with Crippen molar-refractivity contribution in [3.8, 4) is 0 Å². The topological polar surface area (TPSA) is 40.7 Å². The zero-order valence-electron chi connectivity index (χ0n) is 8.57. The van der Waals surface area contributed by atoms with Gasteiger partial charge in [-0.3, -0.25) is 5.10 Å². The van der Waals surface area contributed by atoms with E-state index < -0.39 is 0 Å². The van der Waals surface area contributed by atoms with E-state index in [1.165, 1.54) is 36.2 Å². The maximum Gasteiger partial charge on any atom is 0.0851 e. The Labute approximate surface area is 78.9 Å². The molecule has 13 heavy (non-hydrogen) atoms. The van der Waals surface area contributed by atoms with Gasteiger partial charge in [-0.2, -0.15) is 5.10 Å². The number of aromatic nitrogens is 2. The largest absolute Gasteiger partial charge is 0.310 e. The summed E-state index contributed by atoms with van der Waals surface area (Å²) in [6, 6.07) is 0. The maximum absolute atomic E-state index is 4.39. The molecule has 1 heterocycles. The second kappa shape index (κ2) is 2.84. The fourth-order valence-corrected chi connectivity index (χ4v) is 1.95. The number of hydrogen-bond acceptors (Lipinski definition) is 2. The van der Waals surface area contributed by atoms with Crippen LogP contribution in [0.1, 0.15) is 37.2 Å². The van der Waals surface area contributed by atoms with Gasteiger partial charge in [-0.1, -0.05) is 0 Å². The van der Waals surface area contributed by atoms with E-state index in [4.69, 9.17) is 0 Å². The van der Waals surface area contributed by atoms with Crippen molar-refractivity contribution in [3.63, 3.8) is 0 Å². The Hall–Kier alpha value is -0.830. The summed E-state index contributed by atoms with van der Waals surface area (Å²) in [5.41, 5.74) is 3.98. The molecule has 0 aromatic carbocycles. The van der Waals surface area contributed by atoms with Crippen molar-refractivity contribution in [1.82, 2.24) is 15.5 Å². The summed E-state index contributed by atoms with van der Waals surface area (Å²) in [4.78, 5) is 0. The molecule has 0 unspecified atom stereocenters. The minimum Gasteiger partial charge on any atom is -0.310 e. The molecule has 0 saturated heterocycles. The molecule has 0 amide bonds. The average molecular weight is 179 g/mol. The van der Waals surface area contributed by atoms with Crippen LogP contribution in [0.25, 0.3) is 0 Å². The van der Waals surface area contributed by atoms with Gasteiger partial charge < -0.3 is 5.32 Å². The first-order valence-corrected chi connectivity index (χ1v) is 4.90. The molecule has 2 rings (SSSR count). The third kappa shape index (κ3) is 1.27. The van der Waals surface area contributed by atoms with Gasteiger partial charge in [0.05, 0.1) is 11.2 Å². The van der Waals surface area contributed by atoms with Crippen LogP contribution in [0, 0.1) is 0 Å². The molecule has 2 N–H and O–H groups in total. The molecule has 1 aromatic heterocycles. The molecule has 3 nitrogen and oxygen atoms in total. The molecule has 72 valence electrons. The molecular formula is C10H17N3. The number of aryl methyl sites for hydroxylation is 1. The summed E-state index contributed by atoms with van der Waals surface area (Å²) in [7, 11) is 1.98. The third-order valence-corrected chi connectivity index (χ3v) is 3.02. The van der Waals surface area contributed by atoms with Gasteiger partial charge in [-0.15, -0.1) is 0 Å². The van der Waals surface area contributed by atoms with Crippen molar-refractivity contribution in [2.24, 2.45) is 0 Å². The molecule has 0 radical (unpaired) electrons. The van der Waals surface area contributed by atoms with E-state index in [9.17, 15) is 0 Å². The van der Waals surface area contributed by atoms with Crippen LogP contribution >= 0.6 is 0 Å². The van der Waals surface area contributed by atoms with Crippen LogP contribution in [0.4, 0.5) is 0 Å². The zero-order valence-corrected chi connectivity index (χ0v) is 8.57. The SMILES string of the molecule is CNC(C)(C)c1n[nH]c2c1CCC2. The van der Waals surface area contributed by atoms with Gasteiger partial charge in [0.15, 0.2) is 0 Å². The Morgan fingerprint density at radius 2 is 2.15 bits per heavy atom. The van der Waals surface area contributed by atoms with Crippen LogP contribution in [0.5, 0.6) is 0 Å². The van der Waals surface area contributed by atoms with Crippen LogP contribution in [0.2, 0.25) is 0 Å². The average Bonchev–Trinajstić information content (AvgIpc) is 2.62. The van der Waals surface area contributed by atoms with E-state index in [1.54, 1.807) is 0 Å². The van der Waals surface area contributed by atoms with E-state index in [0.29, 0.717) is 0 Å². The minimum absolute atomic E-state index is 0.00553. The van der Waals surface area contributed by atoms with E-state index >= 15 is 0 Å². The molecule has 3 heteroatoms. The Morgan fingerprint density at radius 3 is 2.85 bits per heavy atom. The number of aromatic amines is 1. The van der Waals surface area contributed by atoms with Gasteiger partial charge in [0, 0.05) is 5.69 Å². The van der Waals surface area contributed by atoms with Gasteiger partial charge in [0.1, 0.15) is 0 Å². The van der Waals surface area contributed by atoms with Crippen molar-refractivity contribution in [1.29, 1.82) is 0 Å². The molecule has 0 bridgehead atoms. The molecule has 0 saturated carbocycles. The highest BCUT2D eigenvalue weighted by atomic mass is 15.2. The van der Waals surface area contributed by atoms with Crippen molar-refractivity contribution >= 4 is 0 Å². The van der Waals surface area contributed by atoms with Crippen LogP contribution in [0.3, 0.4) is 0 Å². The van der Waals surface area contributed by atoms with Gasteiger partial charge in [0.2, 0.25) is 0 Å². The lowest BCUT2D eigenvalue weighted by Gasteiger charge is -2.22. The van der Waals surface area contributed by atoms with Crippen molar-refractivity contribution in [2.75, 3.05) is 7.05 Å². The highest BCUT2D eigenvalue weighted by molar-refractivity contribution is 5.33. The summed E-state index contributed by atoms with van der Waals surface area (Å²) < 4.78 is 0. The molecule has 0 fully saturated rings. The molecule has 0 spiro atoms. The Balaban J connectivity index is 2.41. The van der Waals surface area contributed by atoms with Crippen LogP contribution in [-0.2, 0) is 18.4 Å². The Morgan fingerprint density at radius 1 is 1.38 bits per heavy atom. The molecule has 0 atom stereocenters. The number of H-pyrrole nitrogens is 1. The first kappa shape index (κ1) is 8.75. The lowest BCUT2D eigenvalue weighted by atomic mass is 9.96. The smallest absolute Gasteiger partial charge is 0.0851 e. The zero-order chi connectivity index (χ0) is 9.47. The van der Waals surface area contributed by atoms with E-state index in [2.05, 4.69) is 29.4 Å². The molecule has 1 aliphatic rings. The van der Waals surface area contributed by atoms with Crippen LogP contribution in [-0.4, -0.2) is 17.2 Å². The summed E-state index contributed by atoms with van der Waals surface area (Å²) >= 11 is 0. The van der Waals surface area contributed by atoms with E-state index in [0.717, 1.165) is 0 Å². The van der Waals surface area contributed by atoms with Crippen LogP contribution in [0.15, 0.2) is 0 Å². The molecule has 1 aromatic rings. The van der Waals surface area contributed by atoms with Crippen molar-refractivity contribution in [2.45, 2.75) is 38.6 Å². The third-order valence-electron chi connectivity index (χ3n) is 3.02. The summed E-state index contributed by atoms with van der Waals surface area (Å²) in [5.74, 6) is 0. The number of hydrogen-bond donors (Lipinski definition) is 2. The van der Waals surface area contributed by atoms with Gasteiger partial charge in [-0.05, 0) is 45.7 Å². The highest BCUT2D eigenvalue weighted by Crippen LogP contribution is 2.29. The summed E-state index contributed by atoms with van der Waals surface area (Å²) in [5, 5.41) is 10.8. The van der Waals surface area contributed by atoms with Crippen molar-refractivity contribution in [3.05, 3.63) is 17.0 Å². The normalized spacial score (nSPS) is 16.2. The first-order chi connectivity index (χ1) is 6.15. The van der Waals surface area contributed by atoms with E-state index in [-0.39, 0.29) is 5.54 Å². The Kier molecular flexibility index (Phi) is 1.91. The number of nitrogens with one attached hydrogen (secondary N) is 2. The lowest BCUT2D eigenvalue weighted by molar-refractivity contribution is 0.427. The predicted molar refractivity (Wildman–Crippen MR) is 52.7 cm³/mol. The van der Waals surface area contributed by atoms with Gasteiger partial charge >= 0.3 is 0 Å². The monoisotopic (exact) mass is 179 g/mol. The first-order valence-electron chi connectivity index (χ1n) is 4.90. The maximum atomic E-state index is 4.39. The molecule has 0 aliphatic heterocycles. The van der Waals surface area contributed by atoms with E-state index in [1.807, 2.05) is 7.05 Å². The number of fused-ring (bicyclic) bond motifs is 1. The molecular weight excluding hydrogens is 162 g/mol. The van der Waals surface area contributed by atoms with Crippen molar-refractivity contribution < 1.29 is 0 Å². The minimum atomic E-state index is -0.00553. The fourth-order valence-electron chi connectivity index (χ4n) is 1.95. The summed E-state index contributed by atoms with van der Waals surface area (Å²) in [6.45, 7) is 4.34. The standard InChI is InChI=1S/C10H17N3/c1-10(2,11-3)9-7-5-4-6-8(7)12-13-9/h11H,4-6H2,1-3H3,(H,12,13). The second-order valence-corrected chi connectivity index (χ2v) is 4.26. The van der Waals surface area contributed by atoms with Crippen LogP contribution < -0.4 is 5.32 Å². The second-order valence-electron chi connectivity index (χ2n) is 4.26. The summed E-state index contributed by atoms with van der Waals surface area (Å²) in [6.07, 6.45) is 3.63. The Bertz CT molecular complexity index is 312. The van der Waals surface area contributed by atoms with Gasteiger partial charge in [-0.25, -0.2) is 0 Å². The predicted octanol–water partition coefficient (Wildman–Crippen LogP) is 1.35. The number of nitrogens with zero attached hydrogens (tertiary/aromatic N) is 1. The number of rotatable bonds is 2. The van der Waals surface area contributed by atoms with Gasteiger partial charge in [0.25, 0.3) is 0 Å². The lowest BCUT2D eigenvalue weighted by Crippen LogP contribution is -2.34. The molecule has 1 aliphatic carbocycles.